The lowest BCUT2D eigenvalue weighted by Crippen LogP contribution is -2.43. The second-order valence-electron chi connectivity index (χ2n) is 4.32. The van der Waals surface area contributed by atoms with Crippen LogP contribution in [0.4, 0.5) is 14.5 Å². The SMILES string of the molecule is CCN(C(=O)CN(CCO)CC(F)F)c1ccccc1. The van der Waals surface area contributed by atoms with Crippen molar-refractivity contribution in [1.29, 1.82) is 0 Å². The van der Waals surface area contributed by atoms with Gasteiger partial charge < -0.3 is 10.0 Å². The number of carbonyl (C=O) groups is 1. The Balaban J connectivity index is 2.70. The van der Waals surface area contributed by atoms with Gasteiger partial charge in [0.1, 0.15) is 0 Å². The second-order valence-corrected chi connectivity index (χ2v) is 4.32. The molecule has 0 fully saturated rings. The topological polar surface area (TPSA) is 43.8 Å². The number of hydrogen-bond donors (Lipinski definition) is 1. The average molecular weight is 286 g/mol. The van der Waals surface area contributed by atoms with Crippen LogP contribution in [-0.4, -0.2) is 55.1 Å². The lowest BCUT2D eigenvalue weighted by atomic mass is 10.2. The highest BCUT2D eigenvalue weighted by Gasteiger charge is 2.19. The van der Waals surface area contributed by atoms with E-state index < -0.39 is 13.0 Å². The van der Waals surface area contributed by atoms with Crippen LogP contribution in [0.1, 0.15) is 6.92 Å². The molecule has 1 rings (SSSR count). The first-order valence-electron chi connectivity index (χ1n) is 6.55. The summed E-state index contributed by atoms with van der Waals surface area (Å²) in [6, 6.07) is 9.07. The number of hydrogen-bond acceptors (Lipinski definition) is 3. The van der Waals surface area contributed by atoms with Gasteiger partial charge in [-0.2, -0.15) is 0 Å². The molecule has 0 radical (unpaired) electrons. The van der Waals surface area contributed by atoms with Crippen molar-refractivity contribution in [3.05, 3.63) is 30.3 Å². The number of para-hydroxylation sites is 1. The molecule has 0 atom stereocenters. The molecule has 0 unspecified atom stereocenters. The predicted molar refractivity (Wildman–Crippen MR) is 74.0 cm³/mol. The number of nitrogens with zero attached hydrogens (tertiary/aromatic N) is 2. The molecule has 0 aliphatic carbocycles. The number of aliphatic hydroxyl groups excluding tert-OH is 1. The molecular formula is C14H20F2N2O2. The number of carbonyl (C=O) groups excluding carboxylic acids is 1. The first-order valence-corrected chi connectivity index (χ1v) is 6.55. The predicted octanol–water partition coefficient (Wildman–Crippen LogP) is 1.60. The smallest absolute Gasteiger partial charge is 0.251 e. The maximum absolute atomic E-state index is 12.4. The molecule has 1 aromatic carbocycles. The Bertz CT molecular complexity index is 401. The van der Waals surface area contributed by atoms with Crippen molar-refractivity contribution in [2.75, 3.05) is 37.7 Å². The van der Waals surface area contributed by atoms with Gasteiger partial charge in [-0.1, -0.05) is 18.2 Å². The average Bonchev–Trinajstić information content (AvgIpc) is 2.40. The summed E-state index contributed by atoms with van der Waals surface area (Å²) in [4.78, 5) is 15.0. The zero-order chi connectivity index (χ0) is 15.0. The number of aliphatic hydroxyl groups is 1. The van der Waals surface area contributed by atoms with E-state index in [0.717, 1.165) is 5.69 Å². The highest BCUT2D eigenvalue weighted by atomic mass is 19.3. The van der Waals surface area contributed by atoms with E-state index in [-0.39, 0.29) is 25.6 Å². The van der Waals surface area contributed by atoms with Gasteiger partial charge in [0, 0.05) is 18.8 Å². The molecule has 0 spiro atoms. The summed E-state index contributed by atoms with van der Waals surface area (Å²) in [5.41, 5.74) is 0.737. The molecule has 0 heterocycles. The van der Waals surface area contributed by atoms with Crippen LogP contribution in [0.15, 0.2) is 30.3 Å². The first kappa shape index (κ1) is 16.5. The Morgan fingerprint density at radius 3 is 2.45 bits per heavy atom. The Labute approximate surface area is 117 Å². The number of likely N-dealkylation sites (N-methyl/N-ethyl adjacent to an activating group) is 1. The van der Waals surface area contributed by atoms with E-state index >= 15 is 0 Å². The largest absolute Gasteiger partial charge is 0.395 e. The summed E-state index contributed by atoms with van der Waals surface area (Å²) in [7, 11) is 0. The highest BCUT2D eigenvalue weighted by Crippen LogP contribution is 2.13. The van der Waals surface area contributed by atoms with Crippen molar-refractivity contribution in [2.24, 2.45) is 0 Å². The summed E-state index contributed by atoms with van der Waals surface area (Å²) in [6.45, 7) is 1.45. The molecule has 0 aliphatic rings. The standard InChI is InChI=1S/C14H20F2N2O2/c1-2-18(12-6-4-3-5-7-12)14(20)11-17(8-9-19)10-13(15)16/h3-7,13,19H,2,8-11H2,1H3. The van der Waals surface area contributed by atoms with Crippen molar-refractivity contribution in [3.63, 3.8) is 0 Å². The summed E-state index contributed by atoms with van der Waals surface area (Å²) in [5.74, 6) is -0.257. The summed E-state index contributed by atoms with van der Waals surface area (Å²) >= 11 is 0. The quantitative estimate of drug-likeness (QED) is 0.789. The van der Waals surface area contributed by atoms with Crippen molar-refractivity contribution < 1.29 is 18.7 Å². The third kappa shape index (κ3) is 5.22. The molecule has 112 valence electrons. The van der Waals surface area contributed by atoms with Gasteiger partial charge in [0.05, 0.1) is 19.7 Å². The van der Waals surface area contributed by atoms with Gasteiger partial charge in [-0.05, 0) is 19.1 Å². The molecule has 4 nitrogen and oxygen atoms in total. The number of benzene rings is 1. The van der Waals surface area contributed by atoms with E-state index in [0.29, 0.717) is 6.54 Å². The Morgan fingerprint density at radius 2 is 1.95 bits per heavy atom. The third-order valence-corrected chi connectivity index (χ3v) is 2.86. The van der Waals surface area contributed by atoms with Gasteiger partial charge in [-0.25, -0.2) is 8.78 Å². The van der Waals surface area contributed by atoms with Gasteiger partial charge in [0.2, 0.25) is 5.91 Å². The van der Waals surface area contributed by atoms with Crippen molar-refractivity contribution >= 4 is 11.6 Å². The van der Waals surface area contributed by atoms with Gasteiger partial charge in [-0.3, -0.25) is 9.69 Å². The third-order valence-electron chi connectivity index (χ3n) is 2.86. The zero-order valence-corrected chi connectivity index (χ0v) is 11.5. The van der Waals surface area contributed by atoms with Crippen LogP contribution in [-0.2, 0) is 4.79 Å². The van der Waals surface area contributed by atoms with Crippen molar-refractivity contribution in [2.45, 2.75) is 13.3 Å². The lowest BCUT2D eigenvalue weighted by Gasteiger charge is -2.26. The van der Waals surface area contributed by atoms with Gasteiger partial charge >= 0.3 is 0 Å². The Morgan fingerprint density at radius 1 is 1.30 bits per heavy atom. The minimum atomic E-state index is -2.53. The molecule has 20 heavy (non-hydrogen) atoms. The minimum absolute atomic E-state index is 0.0580. The first-order chi connectivity index (χ1) is 9.58. The van der Waals surface area contributed by atoms with Gasteiger partial charge in [0.15, 0.2) is 0 Å². The van der Waals surface area contributed by atoms with E-state index in [1.165, 1.54) is 9.80 Å². The maximum Gasteiger partial charge on any atom is 0.251 e. The zero-order valence-electron chi connectivity index (χ0n) is 11.5. The highest BCUT2D eigenvalue weighted by molar-refractivity contribution is 5.94. The molecule has 1 amide bonds. The number of rotatable bonds is 8. The van der Waals surface area contributed by atoms with Gasteiger partial charge in [0.25, 0.3) is 6.43 Å². The molecule has 0 saturated heterocycles. The van der Waals surface area contributed by atoms with Crippen LogP contribution in [0.3, 0.4) is 0 Å². The van der Waals surface area contributed by atoms with E-state index in [1.807, 2.05) is 25.1 Å². The fraction of sp³-hybridized carbons (Fsp3) is 0.500. The molecule has 0 bridgehead atoms. The van der Waals surface area contributed by atoms with Crippen molar-refractivity contribution in [3.8, 4) is 0 Å². The fourth-order valence-corrected chi connectivity index (χ4v) is 1.96. The molecule has 6 heteroatoms. The monoisotopic (exact) mass is 286 g/mol. The second kappa shape index (κ2) is 8.60. The number of alkyl halides is 2. The number of anilines is 1. The van der Waals surface area contributed by atoms with E-state index in [9.17, 15) is 13.6 Å². The maximum atomic E-state index is 12.4. The fourth-order valence-electron chi connectivity index (χ4n) is 1.96. The molecule has 0 saturated carbocycles. The summed E-state index contributed by atoms with van der Waals surface area (Å²) < 4.78 is 24.8. The minimum Gasteiger partial charge on any atom is -0.395 e. The van der Waals surface area contributed by atoms with E-state index in [4.69, 9.17) is 5.11 Å². The van der Waals surface area contributed by atoms with E-state index in [1.54, 1.807) is 12.1 Å². The van der Waals surface area contributed by atoms with Crippen LogP contribution < -0.4 is 4.90 Å². The molecular weight excluding hydrogens is 266 g/mol. The van der Waals surface area contributed by atoms with Crippen LogP contribution >= 0.6 is 0 Å². The van der Waals surface area contributed by atoms with Gasteiger partial charge in [-0.15, -0.1) is 0 Å². The Hall–Kier alpha value is -1.53. The van der Waals surface area contributed by atoms with Crippen LogP contribution in [0, 0.1) is 0 Å². The molecule has 1 aromatic rings. The van der Waals surface area contributed by atoms with Crippen molar-refractivity contribution in [1.82, 2.24) is 4.90 Å². The Kier molecular flexibility index (Phi) is 7.11. The summed E-state index contributed by atoms with van der Waals surface area (Å²) in [6.07, 6.45) is -2.53. The van der Waals surface area contributed by atoms with E-state index in [2.05, 4.69) is 0 Å². The number of halogens is 2. The number of amides is 1. The van der Waals surface area contributed by atoms with Crippen LogP contribution in [0.2, 0.25) is 0 Å². The van der Waals surface area contributed by atoms with Crippen LogP contribution in [0.25, 0.3) is 0 Å². The normalized spacial score (nSPS) is 11.1. The lowest BCUT2D eigenvalue weighted by molar-refractivity contribution is -0.120. The molecule has 0 aromatic heterocycles. The summed E-state index contributed by atoms with van der Waals surface area (Å²) in [5, 5.41) is 8.86. The van der Waals surface area contributed by atoms with Crippen LogP contribution in [0.5, 0.6) is 0 Å². The molecule has 0 aliphatic heterocycles. The molecule has 1 N–H and O–H groups in total.